The van der Waals surface area contributed by atoms with E-state index in [0.717, 1.165) is 18.8 Å². The molecule has 1 aromatic heterocycles. The molecule has 0 saturated carbocycles. The molecule has 1 amide bonds. The number of pyridine rings is 1. The molecule has 0 aromatic carbocycles. The van der Waals surface area contributed by atoms with E-state index < -0.39 is 5.91 Å². The summed E-state index contributed by atoms with van der Waals surface area (Å²) in [4.78, 5) is 17.1. The first kappa shape index (κ1) is 8.99. The fourth-order valence-corrected chi connectivity index (χ4v) is 1.73. The zero-order valence-electron chi connectivity index (χ0n) is 7.94. The molecule has 2 N–H and O–H groups in total. The normalized spacial score (nSPS) is 15.9. The molecule has 1 fully saturated rings. The Morgan fingerprint density at radius 2 is 2.14 bits per heavy atom. The van der Waals surface area contributed by atoms with Crippen LogP contribution in [0.15, 0.2) is 18.3 Å². The van der Waals surface area contributed by atoms with E-state index in [4.69, 9.17) is 5.73 Å². The summed E-state index contributed by atoms with van der Waals surface area (Å²) in [6.45, 7) is 2.12. The fraction of sp³-hybridized carbons (Fsp3) is 0.400. The Morgan fingerprint density at radius 3 is 2.79 bits per heavy atom. The molecular formula is C10H13N3O. The average molecular weight is 191 g/mol. The fourth-order valence-electron chi connectivity index (χ4n) is 1.73. The number of carbonyl (C=O) groups excluding carboxylic acids is 1. The van der Waals surface area contributed by atoms with Gasteiger partial charge in [-0.1, -0.05) is 0 Å². The van der Waals surface area contributed by atoms with Crippen LogP contribution >= 0.6 is 0 Å². The van der Waals surface area contributed by atoms with Crippen molar-refractivity contribution in [2.45, 2.75) is 12.8 Å². The van der Waals surface area contributed by atoms with Gasteiger partial charge in [0.05, 0.1) is 0 Å². The third kappa shape index (κ3) is 1.69. The van der Waals surface area contributed by atoms with Gasteiger partial charge in [-0.2, -0.15) is 0 Å². The minimum Gasteiger partial charge on any atom is -0.371 e. The highest BCUT2D eigenvalue weighted by molar-refractivity contribution is 5.91. The van der Waals surface area contributed by atoms with Gasteiger partial charge in [-0.05, 0) is 25.0 Å². The number of carbonyl (C=O) groups is 1. The maximum absolute atomic E-state index is 10.9. The van der Waals surface area contributed by atoms with Crippen molar-refractivity contribution in [3.8, 4) is 0 Å². The van der Waals surface area contributed by atoms with Crippen molar-refractivity contribution in [3.05, 3.63) is 24.0 Å². The molecule has 1 aliphatic heterocycles. The molecule has 1 saturated heterocycles. The largest absolute Gasteiger partial charge is 0.371 e. The van der Waals surface area contributed by atoms with Gasteiger partial charge in [0.1, 0.15) is 5.69 Å². The number of aromatic nitrogens is 1. The van der Waals surface area contributed by atoms with Crippen LogP contribution in [-0.4, -0.2) is 24.0 Å². The predicted molar refractivity (Wildman–Crippen MR) is 54.2 cm³/mol. The molecule has 2 heterocycles. The summed E-state index contributed by atoms with van der Waals surface area (Å²) in [5.41, 5.74) is 6.55. The van der Waals surface area contributed by atoms with Crippen LogP contribution in [0.1, 0.15) is 23.3 Å². The number of rotatable bonds is 2. The molecule has 0 atom stereocenters. The molecule has 0 unspecified atom stereocenters. The Morgan fingerprint density at radius 1 is 1.43 bits per heavy atom. The number of primary amides is 1. The van der Waals surface area contributed by atoms with Crippen molar-refractivity contribution in [3.63, 3.8) is 0 Å². The van der Waals surface area contributed by atoms with Gasteiger partial charge in [-0.15, -0.1) is 0 Å². The van der Waals surface area contributed by atoms with Gasteiger partial charge in [-0.25, -0.2) is 0 Å². The van der Waals surface area contributed by atoms with Crippen LogP contribution in [0.4, 0.5) is 5.69 Å². The van der Waals surface area contributed by atoms with E-state index in [1.54, 1.807) is 12.3 Å². The Balaban J connectivity index is 2.25. The summed E-state index contributed by atoms with van der Waals surface area (Å²) in [7, 11) is 0. The van der Waals surface area contributed by atoms with Crippen LogP contribution in [0.2, 0.25) is 0 Å². The van der Waals surface area contributed by atoms with E-state index in [9.17, 15) is 4.79 Å². The SMILES string of the molecule is NC(=O)c1cc(N2CCCC2)ccn1. The number of nitrogens with two attached hydrogens (primary N) is 1. The van der Waals surface area contributed by atoms with Crippen molar-refractivity contribution in [2.24, 2.45) is 5.73 Å². The van der Waals surface area contributed by atoms with Crippen LogP contribution in [0.25, 0.3) is 0 Å². The van der Waals surface area contributed by atoms with Crippen LogP contribution in [-0.2, 0) is 0 Å². The first-order valence-corrected chi connectivity index (χ1v) is 4.78. The van der Waals surface area contributed by atoms with Crippen LogP contribution in [0, 0.1) is 0 Å². The molecule has 2 rings (SSSR count). The smallest absolute Gasteiger partial charge is 0.267 e. The van der Waals surface area contributed by atoms with Crippen molar-refractivity contribution in [1.29, 1.82) is 0 Å². The van der Waals surface area contributed by atoms with E-state index in [1.165, 1.54) is 12.8 Å². The third-order valence-electron chi connectivity index (χ3n) is 2.47. The van der Waals surface area contributed by atoms with E-state index >= 15 is 0 Å². The molecule has 0 bridgehead atoms. The molecule has 1 aliphatic rings. The monoisotopic (exact) mass is 191 g/mol. The maximum atomic E-state index is 10.9. The van der Waals surface area contributed by atoms with Gasteiger partial charge in [-0.3, -0.25) is 9.78 Å². The lowest BCUT2D eigenvalue weighted by atomic mass is 10.3. The molecule has 14 heavy (non-hydrogen) atoms. The molecule has 0 radical (unpaired) electrons. The number of amides is 1. The van der Waals surface area contributed by atoms with E-state index in [-0.39, 0.29) is 0 Å². The quantitative estimate of drug-likeness (QED) is 0.751. The first-order valence-electron chi connectivity index (χ1n) is 4.78. The summed E-state index contributed by atoms with van der Waals surface area (Å²) in [6.07, 6.45) is 4.07. The Bertz CT molecular complexity index is 345. The summed E-state index contributed by atoms with van der Waals surface area (Å²) in [5, 5.41) is 0. The van der Waals surface area contributed by atoms with Gasteiger partial charge < -0.3 is 10.6 Å². The van der Waals surface area contributed by atoms with Gasteiger partial charge in [0.2, 0.25) is 0 Å². The number of anilines is 1. The molecular weight excluding hydrogens is 178 g/mol. The molecule has 74 valence electrons. The van der Waals surface area contributed by atoms with Crippen LogP contribution in [0.5, 0.6) is 0 Å². The zero-order chi connectivity index (χ0) is 9.97. The highest BCUT2D eigenvalue weighted by Gasteiger charge is 2.13. The van der Waals surface area contributed by atoms with Crippen molar-refractivity contribution < 1.29 is 4.79 Å². The first-order chi connectivity index (χ1) is 6.77. The molecule has 4 heteroatoms. The second-order valence-electron chi connectivity index (χ2n) is 3.46. The Labute approximate surface area is 82.7 Å². The number of hydrogen-bond acceptors (Lipinski definition) is 3. The van der Waals surface area contributed by atoms with E-state index in [0.29, 0.717) is 5.69 Å². The minimum absolute atomic E-state index is 0.342. The van der Waals surface area contributed by atoms with Crippen LogP contribution in [0.3, 0.4) is 0 Å². The molecule has 0 aliphatic carbocycles. The summed E-state index contributed by atoms with van der Waals surface area (Å²) < 4.78 is 0. The highest BCUT2D eigenvalue weighted by Crippen LogP contribution is 2.19. The number of nitrogens with zero attached hydrogens (tertiary/aromatic N) is 2. The van der Waals surface area contributed by atoms with Crippen molar-refractivity contribution in [2.75, 3.05) is 18.0 Å². The van der Waals surface area contributed by atoms with E-state index in [2.05, 4.69) is 9.88 Å². The van der Waals surface area contributed by atoms with Crippen molar-refractivity contribution >= 4 is 11.6 Å². The lowest BCUT2D eigenvalue weighted by Gasteiger charge is -2.17. The molecule has 0 spiro atoms. The van der Waals surface area contributed by atoms with Gasteiger partial charge >= 0.3 is 0 Å². The summed E-state index contributed by atoms with van der Waals surface area (Å²) >= 11 is 0. The second-order valence-corrected chi connectivity index (χ2v) is 3.46. The topological polar surface area (TPSA) is 59.2 Å². The van der Waals surface area contributed by atoms with Crippen molar-refractivity contribution in [1.82, 2.24) is 4.98 Å². The second kappa shape index (κ2) is 3.65. The average Bonchev–Trinajstić information content (AvgIpc) is 2.71. The third-order valence-corrected chi connectivity index (χ3v) is 2.47. The van der Waals surface area contributed by atoms with Gasteiger partial charge in [0.25, 0.3) is 5.91 Å². The van der Waals surface area contributed by atoms with Crippen LogP contribution < -0.4 is 10.6 Å². The minimum atomic E-state index is -0.467. The highest BCUT2D eigenvalue weighted by atomic mass is 16.1. The Hall–Kier alpha value is -1.58. The molecule has 1 aromatic rings. The maximum Gasteiger partial charge on any atom is 0.267 e. The lowest BCUT2D eigenvalue weighted by molar-refractivity contribution is 0.0995. The number of hydrogen-bond donors (Lipinski definition) is 1. The predicted octanol–water partition coefficient (Wildman–Crippen LogP) is 0.781. The Kier molecular flexibility index (Phi) is 2.35. The molecule has 4 nitrogen and oxygen atoms in total. The van der Waals surface area contributed by atoms with Gasteiger partial charge in [0, 0.05) is 25.0 Å². The van der Waals surface area contributed by atoms with E-state index in [1.807, 2.05) is 6.07 Å². The van der Waals surface area contributed by atoms with Gasteiger partial charge in [0.15, 0.2) is 0 Å². The summed E-state index contributed by atoms with van der Waals surface area (Å²) in [6, 6.07) is 3.67. The lowest BCUT2D eigenvalue weighted by Crippen LogP contribution is -2.19. The standard InChI is InChI=1S/C10H13N3O/c11-10(14)9-7-8(3-4-12-9)13-5-1-2-6-13/h3-4,7H,1-2,5-6H2,(H2,11,14). The summed E-state index contributed by atoms with van der Waals surface area (Å²) in [5.74, 6) is -0.467. The zero-order valence-corrected chi connectivity index (χ0v) is 7.94.